The molecule has 0 saturated carbocycles. The van der Waals surface area contributed by atoms with Gasteiger partial charge in [-0.3, -0.25) is 0 Å². The van der Waals surface area contributed by atoms with E-state index in [1.165, 1.54) is 6.07 Å². The van der Waals surface area contributed by atoms with Gasteiger partial charge in [-0.15, -0.1) is 21.8 Å². The molecule has 0 unspecified atom stereocenters. The number of halogens is 4. The first-order valence-corrected chi connectivity index (χ1v) is 6.61. The summed E-state index contributed by atoms with van der Waals surface area (Å²) in [5.74, 6) is 0.811. The zero-order valence-electron chi connectivity index (χ0n) is 10.9. The van der Waals surface area contributed by atoms with Gasteiger partial charge in [-0.2, -0.15) is 13.2 Å². The van der Waals surface area contributed by atoms with Crippen LogP contribution in [0.15, 0.2) is 12.1 Å². The maximum absolute atomic E-state index is 12.3. The summed E-state index contributed by atoms with van der Waals surface area (Å²) in [5, 5.41) is 9.68. The van der Waals surface area contributed by atoms with Crippen molar-refractivity contribution >= 4 is 17.4 Å². The Morgan fingerprint density at radius 3 is 2.16 bits per heavy atom. The smallest absolute Gasteiger partial charge is 0.368 e. The van der Waals surface area contributed by atoms with Crippen molar-refractivity contribution in [1.82, 2.24) is 10.2 Å². The van der Waals surface area contributed by atoms with Gasteiger partial charge in [0.1, 0.15) is 5.82 Å². The second-order valence-corrected chi connectivity index (χ2v) is 4.76. The lowest BCUT2D eigenvalue weighted by molar-refractivity contribution is -0.141. The van der Waals surface area contributed by atoms with Crippen molar-refractivity contribution < 1.29 is 13.2 Å². The SMILES string of the molecule is CCC(CC)(CCl)CNc1ccc(C(F)(F)F)nn1. The van der Waals surface area contributed by atoms with Gasteiger partial charge in [0.05, 0.1) is 0 Å². The number of nitrogens with one attached hydrogen (secondary N) is 1. The highest BCUT2D eigenvalue weighted by atomic mass is 35.5. The van der Waals surface area contributed by atoms with Crippen LogP contribution >= 0.6 is 11.6 Å². The van der Waals surface area contributed by atoms with Crippen LogP contribution in [0.4, 0.5) is 19.0 Å². The average molecular weight is 296 g/mol. The molecule has 1 N–H and O–H groups in total. The number of aromatic nitrogens is 2. The van der Waals surface area contributed by atoms with Crippen LogP contribution in [0, 0.1) is 5.41 Å². The molecule has 19 heavy (non-hydrogen) atoms. The Balaban J connectivity index is 2.69. The topological polar surface area (TPSA) is 37.8 Å². The van der Waals surface area contributed by atoms with E-state index in [4.69, 9.17) is 11.6 Å². The number of nitrogens with zero attached hydrogens (tertiary/aromatic N) is 2. The van der Waals surface area contributed by atoms with Gasteiger partial charge in [0.2, 0.25) is 0 Å². The molecule has 0 bridgehead atoms. The summed E-state index contributed by atoms with van der Waals surface area (Å²) in [5.41, 5.74) is -1.07. The first kappa shape index (κ1) is 16.0. The van der Waals surface area contributed by atoms with Crippen LogP contribution in [0.5, 0.6) is 0 Å². The lowest BCUT2D eigenvalue weighted by Gasteiger charge is -2.29. The molecule has 0 spiro atoms. The summed E-state index contributed by atoms with van der Waals surface area (Å²) >= 11 is 5.95. The van der Waals surface area contributed by atoms with Crippen LogP contribution in [-0.2, 0) is 6.18 Å². The summed E-state index contributed by atoms with van der Waals surface area (Å²) in [6.45, 7) is 4.63. The number of alkyl halides is 4. The highest BCUT2D eigenvalue weighted by molar-refractivity contribution is 6.18. The molecule has 108 valence electrons. The monoisotopic (exact) mass is 295 g/mol. The van der Waals surface area contributed by atoms with Gasteiger partial charge in [-0.25, -0.2) is 0 Å². The van der Waals surface area contributed by atoms with Gasteiger partial charge in [-0.05, 0) is 25.0 Å². The Kier molecular flexibility index (Phi) is 5.40. The zero-order valence-corrected chi connectivity index (χ0v) is 11.6. The van der Waals surface area contributed by atoms with Crippen molar-refractivity contribution in [3.63, 3.8) is 0 Å². The Labute approximate surface area is 115 Å². The predicted octanol–water partition coefficient (Wildman–Crippen LogP) is 3.95. The Morgan fingerprint density at radius 1 is 1.16 bits per heavy atom. The molecule has 0 aliphatic rings. The molecule has 1 rings (SSSR count). The predicted molar refractivity (Wildman–Crippen MR) is 69.3 cm³/mol. The normalized spacial score (nSPS) is 12.5. The fourth-order valence-electron chi connectivity index (χ4n) is 1.59. The lowest BCUT2D eigenvalue weighted by Crippen LogP contribution is -2.30. The molecule has 0 fully saturated rings. The van der Waals surface area contributed by atoms with Crippen molar-refractivity contribution in [2.24, 2.45) is 5.41 Å². The van der Waals surface area contributed by atoms with Crippen LogP contribution in [0.1, 0.15) is 32.4 Å². The third-order valence-electron chi connectivity index (χ3n) is 3.38. The summed E-state index contributed by atoms with van der Waals surface area (Å²) in [6.07, 6.45) is -2.69. The van der Waals surface area contributed by atoms with Gasteiger partial charge < -0.3 is 5.32 Å². The van der Waals surface area contributed by atoms with Crippen molar-refractivity contribution in [2.45, 2.75) is 32.9 Å². The fourth-order valence-corrected chi connectivity index (χ4v) is 2.06. The molecule has 1 aromatic heterocycles. The molecule has 7 heteroatoms. The van der Waals surface area contributed by atoms with Gasteiger partial charge in [-0.1, -0.05) is 13.8 Å². The minimum absolute atomic E-state index is 0.0774. The van der Waals surface area contributed by atoms with E-state index in [0.717, 1.165) is 18.9 Å². The molecule has 0 radical (unpaired) electrons. The van der Waals surface area contributed by atoms with E-state index in [-0.39, 0.29) is 5.41 Å². The van der Waals surface area contributed by atoms with Crippen molar-refractivity contribution in [3.05, 3.63) is 17.8 Å². The first-order chi connectivity index (χ1) is 8.87. The summed E-state index contributed by atoms with van der Waals surface area (Å²) in [4.78, 5) is 0. The van der Waals surface area contributed by atoms with Gasteiger partial charge in [0.15, 0.2) is 5.69 Å². The maximum atomic E-state index is 12.3. The molecule has 1 aromatic rings. The zero-order chi connectivity index (χ0) is 14.5. The number of rotatable bonds is 6. The second-order valence-electron chi connectivity index (χ2n) is 4.50. The third kappa shape index (κ3) is 4.23. The Bertz CT molecular complexity index is 380. The molecule has 3 nitrogen and oxygen atoms in total. The largest absolute Gasteiger partial charge is 0.435 e. The van der Waals surface area contributed by atoms with Crippen LogP contribution in [0.2, 0.25) is 0 Å². The molecular formula is C12H17ClF3N3. The van der Waals surface area contributed by atoms with E-state index in [9.17, 15) is 13.2 Å². The molecule has 0 aliphatic heterocycles. The van der Waals surface area contributed by atoms with Gasteiger partial charge in [0, 0.05) is 17.8 Å². The van der Waals surface area contributed by atoms with Gasteiger partial charge in [0.25, 0.3) is 0 Å². The van der Waals surface area contributed by atoms with E-state index in [2.05, 4.69) is 15.5 Å². The second kappa shape index (κ2) is 6.41. The lowest BCUT2D eigenvalue weighted by atomic mass is 9.84. The summed E-state index contributed by atoms with van der Waals surface area (Å²) < 4.78 is 37.0. The average Bonchev–Trinajstić information content (AvgIpc) is 2.40. The number of hydrogen-bond donors (Lipinski definition) is 1. The van der Waals surface area contributed by atoms with E-state index < -0.39 is 11.9 Å². The van der Waals surface area contributed by atoms with E-state index in [1.807, 2.05) is 13.8 Å². The molecule has 0 amide bonds. The molecule has 0 aromatic carbocycles. The standard InChI is InChI=1S/C12H17ClF3N3/c1-3-11(4-2,7-13)8-17-10-6-5-9(18-19-10)12(14,15)16/h5-6H,3-4,7-8H2,1-2H3,(H,17,19). The molecule has 0 saturated heterocycles. The molecular weight excluding hydrogens is 279 g/mol. The van der Waals surface area contributed by atoms with Crippen molar-refractivity contribution in [2.75, 3.05) is 17.7 Å². The van der Waals surface area contributed by atoms with Crippen molar-refractivity contribution in [3.8, 4) is 0 Å². The Morgan fingerprint density at radius 2 is 1.79 bits per heavy atom. The van der Waals surface area contributed by atoms with E-state index >= 15 is 0 Å². The summed E-state index contributed by atoms with van der Waals surface area (Å²) in [7, 11) is 0. The van der Waals surface area contributed by atoms with Crippen molar-refractivity contribution in [1.29, 1.82) is 0 Å². The highest BCUT2D eigenvalue weighted by Crippen LogP contribution is 2.29. The maximum Gasteiger partial charge on any atom is 0.435 e. The molecule has 0 atom stereocenters. The van der Waals surface area contributed by atoms with E-state index in [1.54, 1.807) is 0 Å². The quantitative estimate of drug-likeness (QED) is 0.808. The third-order valence-corrected chi connectivity index (χ3v) is 3.95. The highest BCUT2D eigenvalue weighted by Gasteiger charge is 2.33. The van der Waals surface area contributed by atoms with Crippen LogP contribution in [-0.4, -0.2) is 22.6 Å². The molecule has 1 heterocycles. The van der Waals surface area contributed by atoms with Crippen LogP contribution < -0.4 is 5.32 Å². The van der Waals surface area contributed by atoms with Crippen LogP contribution in [0.25, 0.3) is 0 Å². The van der Waals surface area contributed by atoms with E-state index in [0.29, 0.717) is 18.2 Å². The minimum Gasteiger partial charge on any atom is -0.368 e. The number of hydrogen-bond acceptors (Lipinski definition) is 3. The Hall–Kier alpha value is -1.04. The van der Waals surface area contributed by atoms with Gasteiger partial charge >= 0.3 is 6.18 Å². The summed E-state index contributed by atoms with van der Waals surface area (Å²) in [6, 6.07) is 2.19. The molecule has 0 aliphatic carbocycles. The number of anilines is 1. The fraction of sp³-hybridized carbons (Fsp3) is 0.667. The van der Waals surface area contributed by atoms with Crippen LogP contribution in [0.3, 0.4) is 0 Å². The minimum atomic E-state index is -4.46. The first-order valence-electron chi connectivity index (χ1n) is 6.07.